The van der Waals surface area contributed by atoms with Crippen LogP contribution in [0, 0.1) is 12.3 Å². The number of ether oxygens (including phenoxy) is 1. The average Bonchev–Trinajstić information content (AvgIpc) is 3.50. The van der Waals surface area contributed by atoms with Crippen molar-refractivity contribution in [2.45, 2.75) is 26.2 Å². The number of carbonyl (C=O) groups is 3. The lowest BCUT2D eigenvalue weighted by Gasteiger charge is -2.47. The van der Waals surface area contributed by atoms with E-state index in [1.54, 1.807) is 41.6 Å². The molecule has 3 amide bonds. The van der Waals surface area contributed by atoms with E-state index in [1.807, 2.05) is 61.5 Å². The van der Waals surface area contributed by atoms with Crippen molar-refractivity contribution in [3.63, 3.8) is 0 Å². The standard InChI is InChI=1S/C39H36N6O4S/c1-25-20-30(35(41-22-25)44-18-14-39(15-19-44)23-49-24-39)36(46)42-29-11-9-26(10-12-29)38(48)45-17-13-27-21-32(37(47)43-28-6-3-2-4-7-28)50-34(27)33-31(45)8-5-16-40-33/h2-12,16,20-22H,13-15,17-19,23-24H2,1H3,(H,42,46)(H,43,47). The maximum absolute atomic E-state index is 14.0. The number of benzene rings is 2. The van der Waals surface area contributed by atoms with Gasteiger partial charge in [-0.3, -0.25) is 19.4 Å². The second kappa shape index (κ2) is 13.1. The van der Waals surface area contributed by atoms with Gasteiger partial charge in [-0.2, -0.15) is 0 Å². The largest absolute Gasteiger partial charge is 0.380 e. The van der Waals surface area contributed by atoms with Gasteiger partial charge in [0.25, 0.3) is 17.7 Å². The Kier molecular flexibility index (Phi) is 8.37. The molecule has 5 aromatic rings. The van der Waals surface area contributed by atoms with Gasteiger partial charge >= 0.3 is 0 Å². The number of nitrogens with one attached hydrogen (secondary N) is 2. The highest BCUT2D eigenvalue weighted by atomic mass is 32.1. The van der Waals surface area contributed by atoms with Crippen LogP contribution in [0.25, 0.3) is 10.6 Å². The van der Waals surface area contributed by atoms with Crippen molar-refractivity contribution >= 4 is 51.9 Å². The van der Waals surface area contributed by atoms with Gasteiger partial charge < -0.3 is 25.2 Å². The molecule has 0 bridgehead atoms. The van der Waals surface area contributed by atoms with E-state index in [-0.39, 0.29) is 23.1 Å². The lowest BCUT2D eigenvalue weighted by Crippen LogP contribution is -2.51. The third kappa shape index (κ3) is 6.14. The Morgan fingerprint density at radius 1 is 0.840 bits per heavy atom. The first kappa shape index (κ1) is 31.9. The van der Waals surface area contributed by atoms with Crippen molar-refractivity contribution in [3.8, 4) is 10.6 Å². The van der Waals surface area contributed by atoms with E-state index in [9.17, 15) is 14.4 Å². The van der Waals surface area contributed by atoms with Crippen LogP contribution in [0.2, 0.25) is 0 Å². The number of thiophene rings is 1. The molecule has 6 heterocycles. The zero-order valence-corrected chi connectivity index (χ0v) is 28.5. The SMILES string of the molecule is Cc1cnc(N2CCC3(CC2)COC3)c(C(=O)Nc2ccc(C(=O)N3CCc4cc(C(=O)Nc5ccccc5)sc4-c4ncccc43)cc2)c1. The van der Waals surface area contributed by atoms with Crippen molar-refractivity contribution in [1.29, 1.82) is 0 Å². The monoisotopic (exact) mass is 684 g/mol. The first-order valence-corrected chi connectivity index (χ1v) is 17.6. The molecule has 3 aromatic heterocycles. The lowest BCUT2D eigenvalue weighted by atomic mass is 9.77. The van der Waals surface area contributed by atoms with Crippen molar-refractivity contribution in [3.05, 3.63) is 118 Å². The highest BCUT2D eigenvalue weighted by Crippen LogP contribution is 2.41. The van der Waals surface area contributed by atoms with E-state index < -0.39 is 0 Å². The molecule has 2 aromatic carbocycles. The Balaban J connectivity index is 0.976. The molecule has 0 saturated carbocycles. The van der Waals surface area contributed by atoms with E-state index in [4.69, 9.17) is 4.74 Å². The Bertz CT molecular complexity index is 2080. The van der Waals surface area contributed by atoms with Gasteiger partial charge in [0.2, 0.25) is 0 Å². The second-order valence-corrected chi connectivity index (χ2v) is 14.3. The fourth-order valence-corrected chi connectivity index (χ4v) is 8.01. The van der Waals surface area contributed by atoms with Crippen LogP contribution in [0.15, 0.2) is 91.3 Å². The zero-order chi connectivity index (χ0) is 34.2. The number of carbonyl (C=O) groups excluding carboxylic acids is 3. The number of para-hydroxylation sites is 1. The number of anilines is 4. The molecule has 8 rings (SSSR count). The van der Waals surface area contributed by atoms with Crippen molar-refractivity contribution in [1.82, 2.24) is 9.97 Å². The minimum absolute atomic E-state index is 0.167. The summed E-state index contributed by atoms with van der Waals surface area (Å²) in [5.41, 5.74) is 5.89. The second-order valence-electron chi connectivity index (χ2n) is 13.3. The number of nitrogens with zero attached hydrogens (tertiary/aromatic N) is 4. The van der Waals surface area contributed by atoms with E-state index in [1.165, 1.54) is 11.3 Å². The minimum atomic E-state index is -0.238. The topological polar surface area (TPSA) is 117 Å². The summed E-state index contributed by atoms with van der Waals surface area (Å²) < 4.78 is 5.48. The molecule has 10 nitrogen and oxygen atoms in total. The summed E-state index contributed by atoms with van der Waals surface area (Å²) in [6.45, 7) is 5.67. The van der Waals surface area contributed by atoms with Gasteiger partial charge in [-0.1, -0.05) is 18.2 Å². The molecule has 2 saturated heterocycles. The molecule has 0 atom stereocenters. The van der Waals surface area contributed by atoms with E-state index >= 15 is 0 Å². The van der Waals surface area contributed by atoms with Crippen LogP contribution < -0.4 is 20.4 Å². The van der Waals surface area contributed by atoms with Gasteiger partial charge in [-0.25, -0.2) is 4.98 Å². The number of pyridine rings is 2. The molecule has 11 heteroatoms. The number of rotatable bonds is 6. The molecule has 0 unspecified atom stereocenters. The number of amides is 3. The summed E-state index contributed by atoms with van der Waals surface area (Å²) in [5.74, 6) is 0.115. The molecular weight excluding hydrogens is 649 g/mol. The highest BCUT2D eigenvalue weighted by molar-refractivity contribution is 7.17. The summed E-state index contributed by atoms with van der Waals surface area (Å²) in [6.07, 6.45) is 6.13. The first-order valence-electron chi connectivity index (χ1n) is 16.8. The van der Waals surface area contributed by atoms with Gasteiger partial charge in [-0.15, -0.1) is 11.3 Å². The van der Waals surface area contributed by atoms with Gasteiger partial charge in [0.05, 0.1) is 34.2 Å². The number of hydrogen-bond acceptors (Lipinski definition) is 8. The summed E-state index contributed by atoms with van der Waals surface area (Å²) in [6, 6.07) is 23.8. The first-order chi connectivity index (χ1) is 24.4. The molecule has 252 valence electrons. The maximum atomic E-state index is 14.0. The van der Waals surface area contributed by atoms with Crippen LogP contribution in [0.1, 0.15) is 54.4 Å². The quantitative estimate of drug-likeness (QED) is 0.201. The third-order valence-corrected chi connectivity index (χ3v) is 11.0. The van der Waals surface area contributed by atoms with Gasteiger partial charge in [0.15, 0.2) is 0 Å². The highest BCUT2D eigenvalue weighted by Gasteiger charge is 2.42. The number of hydrogen-bond donors (Lipinski definition) is 2. The van der Waals surface area contributed by atoms with Gasteiger partial charge in [0, 0.05) is 54.4 Å². The molecule has 50 heavy (non-hydrogen) atoms. The molecule has 3 aliphatic rings. The molecule has 2 N–H and O–H groups in total. The number of fused-ring (bicyclic) bond motifs is 3. The van der Waals surface area contributed by atoms with Crippen molar-refractivity contribution in [2.24, 2.45) is 5.41 Å². The summed E-state index contributed by atoms with van der Waals surface area (Å²) >= 11 is 1.38. The molecule has 0 radical (unpaired) electrons. The summed E-state index contributed by atoms with van der Waals surface area (Å²) in [4.78, 5) is 55.4. The van der Waals surface area contributed by atoms with Crippen LogP contribution in [-0.4, -0.2) is 60.5 Å². The lowest BCUT2D eigenvalue weighted by molar-refractivity contribution is -0.124. The minimum Gasteiger partial charge on any atom is -0.380 e. The van der Waals surface area contributed by atoms with E-state index in [2.05, 4.69) is 25.5 Å². The zero-order valence-electron chi connectivity index (χ0n) is 27.6. The van der Waals surface area contributed by atoms with Crippen LogP contribution in [0.5, 0.6) is 0 Å². The third-order valence-electron chi connectivity index (χ3n) is 9.78. The molecule has 2 fully saturated rings. The predicted octanol–water partition coefficient (Wildman–Crippen LogP) is 6.84. The Hall–Kier alpha value is -5.39. The number of aromatic nitrogens is 2. The average molecular weight is 685 g/mol. The Morgan fingerprint density at radius 3 is 2.32 bits per heavy atom. The molecular formula is C39H36N6O4S. The maximum Gasteiger partial charge on any atom is 0.265 e. The van der Waals surface area contributed by atoms with Crippen LogP contribution in [0.3, 0.4) is 0 Å². The van der Waals surface area contributed by atoms with Crippen LogP contribution in [-0.2, 0) is 11.2 Å². The Labute approximate surface area is 294 Å². The normalized spacial score (nSPS) is 16.1. The molecule has 1 spiro atoms. The summed E-state index contributed by atoms with van der Waals surface area (Å²) in [7, 11) is 0. The molecule has 0 aliphatic carbocycles. The predicted molar refractivity (Wildman–Crippen MR) is 195 cm³/mol. The van der Waals surface area contributed by atoms with E-state index in [0.29, 0.717) is 51.9 Å². The number of aryl methyl sites for hydroxylation is 1. The van der Waals surface area contributed by atoms with Gasteiger partial charge in [0.1, 0.15) is 11.5 Å². The van der Waals surface area contributed by atoms with E-state index in [0.717, 1.165) is 60.8 Å². The Morgan fingerprint density at radius 2 is 1.58 bits per heavy atom. The summed E-state index contributed by atoms with van der Waals surface area (Å²) in [5, 5.41) is 5.98. The smallest absolute Gasteiger partial charge is 0.265 e. The number of piperidine rings is 1. The van der Waals surface area contributed by atoms with Crippen LogP contribution >= 0.6 is 11.3 Å². The van der Waals surface area contributed by atoms with Crippen molar-refractivity contribution in [2.75, 3.05) is 53.3 Å². The van der Waals surface area contributed by atoms with Crippen LogP contribution in [0.4, 0.5) is 22.9 Å². The molecule has 3 aliphatic heterocycles. The fraction of sp³-hybridized carbons (Fsp3) is 0.256. The van der Waals surface area contributed by atoms with Gasteiger partial charge in [-0.05, 0) is 98.0 Å². The van der Waals surface area contributed by atoms with Crippen molar-refractivity contribution < 1.29 is 19.1 Å². The fourth-order valence-electron chi connectivity index (χ4n) is 6.90.